The number of nitrogens with one attached hydrogen (secondary N) is 1. The highest BCUT2D eigenvalue weighted by Gasteiger charge is 2.23. The van der Waals surface area contributed by atoms with Crippen LogP contribution in [0.4, 0.5) is 0 Å². The van der Waals surface area contributed by atoms with Gasteiger partial charge in [0.25, 0.3) is 5.91 Å². The number of rotatable bonds is 3. The Hall–Kier alpha value is -2.14. The molecule has 1 N–H and O–H groups in total. The van der Waals surface area contributed by atoms with Crippen LogP contribution in [0.2, 0.25) is 0 Å². The third-order valence-electron chi connectivity index (χ3n) is 4.21. The standard InChI is InChI=1S/C17H22N4O/c1-13-10-19-21(11-13)16-7-5-14(6-8-16)17(22)20-9-3-4-15(12-20)18-2/h5-8,10-11,15,18H,3-4,9,12H2,1-2H3. The Labute approximate surface area is 130 Å². The van der Waals surface area contributed by atoms with E-state index in [9.17, 15) is 4.79 Å². The normalized spacial score (nSPS) is 18.5. The largest absolute Gasteiger partial charge is 0.337 e. The number of amides is 1. The van der Waals surface area contributed by atoms with Crippen LogP contribution >= 0.6 is 0 Å². The van der Waals surface area contributed by atoms with Crippen molar-refractivity contribution in [2.75, 3.05) is 20.1 Å². The number of likely N-dealkylation sites (tertiary alicyclic amines) is 1. The summed E-state index contributed by atoms with van der Waals surface area (Å²) in [5.41, 5.74) is 2.83. The molecular formula is C17H22N4O. The van der Waals surface area contributed by atoms with E-state index in [0.717, 1.165) is 42.7 Å². The van der Waals surface area contributed by atoms with E-state index in [-0.39, 0.29) is 5.91 Å². The Morgan fingerprint density at radius 1 is 1.32 bits per heavy atom. The Morgan fingerprint density at radius 2 is 2.09 bits per heavy atom. The molecule has 1 aromatic carbocycles. The molecule has 0 spiro atoms. The first kappa shape index (κ1) is 14.8. The molecule has 5 nitrogen and oxygen atoms in total. The van der Waals surface area contributed by atoms with Crippen molar-refractivity contribution in [1.29, 1.82) is 0 Å². The molecule has 116 valence electrons. The second-order valence-corrected chi connectivity index (χ2v) is 5.89. The average molecular weight is 298 g/mol. The number of benzene rings is 1. The number of aryl methyl sites for hydroxylation is 1. The minimum atomic E-state index is 0.114. The van der Waals surface area contributed by atoms with Crippen LogP contribution in [0.5, 0.6) is 0 Å². The zero-order valence-electron chi connectivity index (χ0n) is 13.1. The van der Waals surface area contributed by atoms with Gasteiger partial charge in [-0.05, 0) is 56.6 Å². The van der Waals surface area contributed by atoms with Gasteiger partial charge < -0.3 is 10.2 Å². The summed E-state index contributed by atoms with van der Waals surface area (Å²) < 4.78 is 1.82. The van der Waals surface area contributed by atoms with Crippen molar-refractivity contribution in [3.05, 3.63) is 47.8 Å². The molecule has 1 atom stereocenters. The number of nitrogens with zero attached hydrogens (tertiary/aromatic N) is 3. The van der Waals surface area contributed by atoms with Crippen LogP contribution in [0.15, 0.2) is 36.7 Å². The maximum atomic E-state index is 12.6. The van der Waals surface area contributed by atoms with Crippen molar-refractivity contribution in [1.82, 2.24) is 20.0 Å². The minimum Gasteiger partial charge on any atom is -0.337 e. The van der Waals surface area contributed by atoms with Crippen LogP contribution in [0.1, 0.15) is 28.8 Å². The lowest BCUT2D eigenvalue weighted by atomic mass is 10.0. The van der Waals surface area contributed by atoms with Crippen molar-refractivity contribution < 1.29 is 4.79 Å². The van der Waals surface area contributed by atoms with Crippen LogP contribution < -0.4 is 5.32 Å². The lowest BCUT2D eigenvalue weighted by Crippen LogP contribution is -2.46. The van der Waals surface area contributed by atoms with Crippen LogP contribution in [-0.2, 0) is 0 Å². The third-order valence-corrected chi connectivity index (χ3v) is 4.21. The van der Waals surface area contributed by atoms with Crippen molar-refractivity contribution in [2.24, 2.45) is 0 Å². The van der Waals surface area contributed by atoms with Gasteiger partial charge in [0.1, 0.15) is 0 Å². The predicted octanol–water partition coefficient (Wildman–Crippen LogP) is 2.00. The molecule has 0 radical (unpaired) electrons. The maximum absolute atomic E-state index is 12.6. The number of aromatic nitrogens is 2. The number of hydrogen-bond acceptors (Lipinski definition) is 3. The topological polar surface area (TPSA) is 50.2 Å². The molecule has 2 heterocycles. The highest BCUT2D eigenvalue weighted by molar-refractivity contribution is 5.94. The molecular weight excluding hydrogens is 276 g/mol. The number of carbonyl (C=O) groups excluding carboxylic acids is 1. The molecule has 1 aromatic heterocycles. The Morgan fingerprint density at radius 3 is 2.73 bits per heavy atom. The molecule has 5 heteroatoms. The fourth-order valence-corrected chi connectivity index (χ4v) is 2.89. The second-order valence-electron chi connectivity index (χ2n) is 5.89. The Kier molecular flexibility index (Phi) is 4.24. The quantitative estimate of drug-likeness (QED) is 0.943. The van der Waals surface area contributed by atoms with Crippen molar-refractivity contribution in [3.8, 4) is 5.69 Å². The van der Waals surface area contributed by atoms with Crippen molar-refractivity contribution in [2.45, 2.75) is 25.8 Å². The molecule has 0 aliphatic carbocycles. The van der Waals surface area contributed by atoms with Crippen LogP contribution in [0.25, 0.3) is 5.69 Å². The number of piperidine rings is 1. The van der Waals surface area contributed by atoms with E-state index in [4.69, 9.17) is 0 Å². The third kappa shape index (κ3) is 3.04. The van der Waals surface area contributed by atoms with Gasteiger partial charge in [-0.3, -0.25) is 4.79 Å². The summed E-state index contributed by atoms with van der Waals surface area (Å²) in [6.45, 7) is 3.64. The first-order valence-electron chi connectivity index (χ1n) is 7.75. The molecule has 0 bridgehead atoms. The molecule has 1 fully saturated rings. The molecule has 22 heavy (non-hydrogen) atoms. The van der Waals surface area contributed by atoms with Gasteiger partial charge in [-0.1, -0.05) is 0 Å². The predicted molar refractivity (Wildman–Crippen MR) is 86.3 cm³/mol. The molecule has 1 aliphatic rings. The van der Waals surface area contributed by atoms with Crippen molar-refractivity contribution >= 4 is 5.91 Å². The van der Waals surface area contributed by atoms with Gasteiger partial charge in [-0.25, -0.2) is 4.68 Å². The zero-order valence-corrected chi connectivity index (χ0v) is 13.1. The van der Waals surface area contributed by atoms with E-state index < -0.39 is 0 Å². The SMILES string of the molecule is CNC1CCCN(C(=O)c2ccc(-n3cc(C)cn3)cc2)C1. The van der Waals surface area contributed by atoms with E-state index in [0.29, 0.717) is 6.04 Å². The van der Waals surface area contributed by atoms with Gasteiger partial charge in [0.05, 0.1) is 11.9 Å². The summed E-state index contributed by atoms with van der Waals surface area (Å²) in [6, 6.07) is 8.07. The highest BCUT2D eigenvalue weighted by atomic mass is 16.2. The van der Waals surface area contributed by atoms with Crippen molar-refractivity contribution in [3.63, 3.8) is 0 Å². The summed E-state index contributed by atoms with van der Waals surface area (Å²) in [5, 5.41) is 7.55. The Balaban J connectivity index is 1.73. The molecule has 3 rings (SSSR count). The van der Waals surface area contributed by atoms with Gasteiger partial charge in [0.15, 0.2) is 0 Å². The van der Waals surface area contributed by atoms with Gasteiger partial charge in [-0.2, -0.15) is 5.10 Å². The van der Waals surface area contributed by atoms with E-state index in [1.165, 1.54) is 0 Å². The number of hydrogen-bond donors (Lipinski definition) is 1. The van der Waals surface area contributed by atoms with Crippen LogP contribution in [0.3, 0.4) is 0 Å². The summed E-state index contributed by atoms with van der Waals surface area (Å²) in [7, 11) is 1.96. The van der Waals surface area contributed by atoms with Gasteiger partial charge in [0.2, 0.25) is 0 Å². The molecule has 1 aliphatic heterocycles. The van der Waals surface area contributed by atoms with E-state index in [1.807, 2.05) is 60.2 Å². The van der Waals surface area contributed by atoms with Gasteiger partial charge in [-0.15, -0.1) is 0 Å². The fraction of sp³-hybridized carbons (Fsp3) is 0.412. The van der Waals surface area contributed by atoms with Crippen LogP contribution in [-0.4, -0.2) is 46.8 Å². The highest BCUT2D eigenvalue weighted by Crippen LogP contribution is 2.15. The monoisotopic (exact) mass is 298 g/mol. The summed E-state index contributed by atoms with van der Waals surface area (Å²) >= 11 is 0. The van der Waals surface area contributed by atoms with Gasteiger partial charge in [0, 0.05) is 30.9 Å². The summed E-state index contributed by atoms with van der Waals surface area (Å²) in [5.74, 6) is 0.114. The van der Waals surface area contributed by atoms with E-state index >= 15 is 0 Å². The molecule has 1 unspecified atom stereocenters. The maximum Gasteiger partial charge on any atom is 0.253 e. The minimum absolute atomic E-state index is 0.114. The smallest absolute Gasteiger partial charge is 0.253 e. The second kappa shape index (κ2) is 6.32. The molecule has 0 saturated carbocycles. The Bertz CT molecular complexity index is 647. The average Bonchev–Trinajstić information content (AvgIpc) is 3.01. The van der Waals surface area contributed by atoms with E-state index in [2.05, 4.69) is 10.4 Å². The molecule has 1 amide bonds. The fourth-order valence-electron chi connectivity index (χ4n) is 2.89. The molecule has 2 aromatic rings. The van der Waals surface area contributed by atoms with E-state index in [1.54, 1.807) is 0 Å². The number of carbonyl (C=O) groups is 1. The first-order chi connectivity index (χ1) is 10.7. The van der Waals surface area contributed by atoms with Crippen LogP contribution in [0, 0.1) is 6.92 Å². The number of likely N-dealkylation sites (N-methyl/N-ethyl adjacent to an activating group) is 1. The summed E-state index contributed by atoms with van der Waals surface area (Å²) in [4.78, 5) is 14.5. The lowest BCUT2D eigenvalue weighted by Gasteiger charge is -2.32. The molecule has 1 saturated heterocycles. The lowest BCUT2D eigenvalue weighted by molar-refractivity contribution is 0.0698. The zero-order chi connectivity index (χ0) is 15.5. The summed E-state index contributed by atoms with van der Waals surface area (Å²) in [6.07, 6.45) is 5.99. The first-order valence-corrected chi connectivity index (χ1v) is 7.75. The van der Waals surface area contributed by atoms with Gasteiger partial charge >= 0.3 is 0 Å².